The van der Waals surface area contributed by atoms with Crippen LogP contribution in [0.4, 0.5) is 4.79 Å². The van der Waals surface area contributed by atoms with Gasteiger partial charge in [-0.05, 0) is 30.2 Å². The average molecular weight is 265 g/mol. The Hall–Kier alpha value is -2.50. The number of hydrogen-bond donors (Lipinski definition) is 2. The quantitative estimate of drug-likeness (QED) is 0.789. The predicted octanol–water partition coefficient (Wildman–Crippen LogP) is 1.56. The number of carbonyl (C=O) groups excluding carboxylic acids is 1. The molecular weight excluding hydrogens is 250 g/mol. The molecule has 0 spiro atoms. The van der Waals surface area contributed by atoms with Gasteiger partial charge in [0.05, 0.1) is 14.2 Å². The minimum Gasteiger partial charge on any atom is -0.497 e. The van der Waals surface area contributed by atoms with Gasteiger partial charge in [-0.2, -0.15) is 0 Å². The summed E-state index contributed by atoms with van der Waals surface area (Å²) >= 11 is 0. The summed E-state index contributed by atoms with van der Waals surface area (Å²) < 4.78 is 9.36. The second kappa shape index (κ2) is 7.05. The van der Waals surface area contributed by atoms with Gasteiger partial charge < -0.3 is 14.6 Å². The van der Waals surface area contributed by atoms with Gasteiger partial charge in [0.25, 0.3) is 0 Å². The van der Waals surface area contributed by atoms with Gasteiger partial charge in [-0.15, -0.1) is 0 Å². The summed E-state index contributed by atoms with van der Waals surface area (Å²) in [5.41, 5.74) is 0.675. The summed E-state index contributed by atoms with van der Waals surface area (Å²) in [5.74, 6) is -0.502. The number of allylic oxidation sites excluding steroid dienone is 1. The fraction of sp³-hybridized carbons (Fsp3) is 0.231. The van der Waals surface area contributed by atoms with Crippen LogP contribution in [0.1, 0.15) is 5.56 Å². The third-order valence-corrected chi connectivity index (χ3v) is 2.35. The summed E-state index contributed by atoms with van der Waals surface area (Å²) in [7, 11) is 2.73. The molecule has 0 saturated heterocycles. The predicted molar refractivity (Wildman–Crippen MR) is 68.0 cm³/mol. The van der Waals surface area contributed by atoms with Crippen molar-refractivity contribution < 1.29 is 24.2 Å². The second-order valence-electron chi connectivity index (χ2n) is 3.59. The number of carbonyl (C=O) groups is 2. The summed E-state index contributed by atoms with van der Waals surface area (Å²) in [5, 5.41) is 11.1. The van der Waals surface area contributed by atoms with Crippen LogP contribution >= 0.6 is 0 Å². The molecule has 0 fully saturated rings. The van der Waals surface area contributed by atoms with Crippen LogP contribution in [0.15, 0.2) is 36.0 Å². The Bertz CT molecular complexity index is 478. The Labute approximate surface area is 110 Å². The van der Waals surface area contributed by atoms with Gasteiger partial charge >= 0.3 is 12.1 Å². The van der Waals surface area contributed by atoms with E-state index in [1.807, 2.05) is 12.1 Å². The van der Waals surface area contributed by atoms with Crippen molar-refractivity contribution in [3.63, 3.8) is 0 Å². The molecule has 1 rings (SSSR count). The van der Waals surface area contributed by atoms with Gasteiger partial charge in [0.1, 0.15) is 11.4 Å². The largest absolute Gasteiger partial charge is 0.497 e. The SMILES string of the molecule is COC(=O)N/C(=C/Cc1ccc(OC)cc1)C(=O)O. The molecule has 0 bridgehead atoms. The zero-order valence-electron chi connectivity index (χ0n) is 10.7. The number of carboxylic acid groups (broad SMARTS) is 1. The number of benzene rings is 1. The third-order valence-electron chi connectivity index (χ3n) is 2.35. The van der Waals surface area contributed by atoms with E-state index in [9.17, 15) is 9.59 Å². The van der Waals surface area contributed by atoms with E-state index >= 15 is 0 Å². The average Bonchev–Trinajstić information content (AvgIpc) is 2.43. The molecule has 1 amide bonds. The molecule has 1 aromatic rings. The molecule has 0 radical (unpaired) electrons. The molecule has 0 aromatic heterocycles. The zero-order valence-corrected chi connectivity index (χ0v) is 10.7. The first-order chi connectivity index (χ1) is 9.06. The van der Waals surface area contributed by atoms with Crippen LogP contribution in [0.25, 0.3) is 0 Å². The van der Waals surface area contributed by atoms with Gasteiger partial charge in [-0.3, -0.25) is 5.32 Å². The highest BCUT2D eigenvalue weighted by atomic mass is 16.5. The first-order valence-corrected chi connectivity index (χ1v) is 5.48. The van der Waals surface area contributed by atoms with Crippen LogP contribution in [0.5, 0.6) is 5.75 Å². The number of rotatable bonds is 5. The number of amides is 1. The molecule has 19 heavy (non-hydrogen) atoms. The van der Waals surface area contributed by atoms with Crippen LogP contribution in [0.3, 0.4) is 0 Å². The molecule has 0 aliphatic rings. The lowest BCUT2D eigenvalue weighted by Crippen LogP contribution is -2.27. The Morgan fingerprint density at radius 3 is 2.37 bits per heavy atom. The third kappa shape index (κ3) is 4.71. The van der Waals surface area contributed by atoms with Gasteiger partial charge in [0.2, 0.25) is 0 Å². The number of carboxylic acids is 1. The van der Waals surface area contributed by atoms with Crippen LogP contribution in [-0.4, -0.2) is 31.4 Å². The van der Waals surface area contributed by atoms with Crippen LogP contribution in [0, 0.1) is 0 Å². The number of alkyl carbamates (subject to hydrolysis) is 1. The lowest BCUT2D eigenvalue weighted by Gasteiger charge is -2.05. The lowest BCUT2D eigenvalue weighted by atomic mass is 10.1. The molecule has 0 saturated carbocycles. The molecule has 2 N–H and O–H groups in total. The van der Waals surface area contributed by atoms with Gasteiger partial charge in [0.15, 0.2) is 0 Å². The molecule has 6 heteroatoms. The number of aliphatic carboxylic acids is 1. The Kier molecular flexibility index (Phi) is 5.40. The van der Waals surface area contributed by atoms with E-state index in [-0.39, 0.29) is 5.70 Å². The molecular formula is C13H15NO5. The van der Waals surface area contributed by atoms with Crippen molar-refractivity contribution in [3.05, 3.63) is 41.6 Å². The van der Waals surface area contributed by atoms with Gasteiger partial charge in [-0.1, -0.05) is 12.1 Å². The molecule has 1 aromatic carbocycles. The van der Waals surface area contributed by atoms with Crippen LogP contribution in [-0.2, 0) is 16.0 Å². The highest BCUT2D eigenvalue weighted by molar-refractivity contribution is 5.90. The molecule has 0 aliphatic heterocycles. The smallest absolute Gasteiger partial charge is 0.411 e. The van der Waals surface area contributed by atoms with Crippen LogP contribution in [0.2, 0.25) is 0 Å². The van der Waals surface area contributed by atoms with E-state index in [1.54, 1.807) is 19.2 Å². The van der Waals surface area contributed by atoms with Crippen molar-refractivity contribution in [2.45, 2.75) is 6.42 Å². The number of ether oxygens (including phenoxy) is 2. The maximum atomic E-state index is 11.0. The van der Waals surface area contributed by atoms with Crippen molar-refractivity contribution in [1.29, 1.82) is 0 Å². The van der Waals surface area contributed by atoms with E-state index in [4.69, 9.17) is 9.84 Å². The highest BCUT2D eigenvalue weighted by Gasteiger charge is 2.10. The number of hydrogen-bond acceptors (Lipinski definition) is 4. The fourth-order valence-corrected chi connectivity index (χ4v) is 1.33. The maximum Gasteiger partial charge on any atom is 0.411 e. The first kappa shape index (κ1) is 14.6. The molecule has 0 heterocycles. The topological polar surface area (TPSA) is 84.9 Å². The number of nitrogens with one attached hydrogen (secondary N) is 1. The Balaban J connectivity index is 2.74. The summed E-state index contributed by atoms with van der Waals surface area (Å²) in [4.78, 5) is 21.9. The summed E-state index contributed by atoms with van der Waals surface area (Å²) in [6, 6.07) is 7.18. The Morgan fingerprint density at radius 1 is 1.26 bits per heavy atom. The maximum absolute atomic E-state index is 11.0. The van der Waals surface area contributed by atoms with E-state index in [2.05, 4.69) is 10.1 Å². The monoisotopic (exact) mass is 265 g/mol. The normalized spacial score (nSPS) is 10.7. The minimum atomic E-state index is -1.22. The molecule has 0 unspecified atom stereocenters. The van der Waals surface area contributed by atoms with Gasteiger partial charge in [-0.25, -0.2) is 9.59 Å². The van der Waals surface area contributed by atoms with Crippen LogP contribution < -0.4 is 10.1 Å². The Morgan fingerprint density at radius 2 is 1.89 bits per heavy atom. The zero-order chi connectivity index (χ0) is 14.3. The lowest BCUT2D eigenvalue weighted by molar-refractivity contribution is -0.133. The molecule has 0 atom stereocenters. The standard InChI is InChI=1S/C13H15NO5/c1-18-10-6-3-9(4-7-10)5-8-11(12(15)16)14-13(17)19-2/h3-4,6-8H,5H2,1-2H3,(H,14,17)(H,15,16)/b11-8+. The van der Waals surface area contributed by atoms with Crippen molar-refractivity contribution in [1.82, 2.24) is 5.32 Å². The van der Waals surface area contributed by atoms with E-state index in [0.29, 0.717) is 6.42 Å². The highest BCUT2D eigenvalue weighted by Crippen LogP contribution is 2.12. The van der Waals surface area contributed by atoms with E-state index in [1.165, 1.54) is 6.08 Å². The molecule has 0 aliphatic carbocycles. The van der Waals surface area contributed by atoms with Crippen molar-refractivity contribution in [3.8, 4) is 5.75 Å². The van der Waals surface area contributed by atoms with Crippen molar-refractivity contribution in [2.24, 2.45) is 0 Å². The summed E-state index contributed by atoms with van der Waals surface area (Å²) in [6.45, 7) is 0. The van der Waals surface area contributed by atoms with E-state index in [0.717, 1.165) is 18.4 Å². The summed E-state index contributed by atoms with van der Waals surface area (Å²) in [6.07, 6.45) is 0.958. The molecule has 6 nitrogen and oxygen atoms in total. The van der Waals surface area contributed by atoms with E-state index < -0.39 is 12.1 Å². The van der Waals surface area contributed by atoms with Gasteiger partial charge in [0, 0.05) is 0 Å². The second-order valence-corrected chi connectivity index (χ2v) is 3.59. The minimum absolute atomic E-state index is 0.220. The molecule has 102 valence electrons. The first-order valence-electron chi connectivity index (χ1n) is 5.48. The van der Waals surface area contributed by atoms with Crippen molar-refractivity contribution in [2.75, 3.05) is 14.2 Å². The number of methoxy groups -OCH3 is 2. The van der Waals surface area contributed by atoms with Crippen molar-refractivity contribution >= 4 is 12.1 Å². The fourth-order valence-electron chi connectivity index (χ4n) is 1.33.